The zero-order valence-electron chi connectivity index (χ0n) is 20.5. The second-order valence-corrected chi connectivity index (χ2v) is 8.37. The number of pyridine rings is 1. The lowest BCUT2D eigenvalue weighted by Crippen LogP contribution is -2.24. The maximum atomic E-state index is 14.6. The topological polar surface area (TPSA) is 140 Å². The normalized spacial score (nSPS) is 12.3. The molecule has 0 fully saturated rings. The van der Waals surface area contributed by atoms with Gasteiger partial charge in [-0.15, -0.1) is 0 Å². The van der Waals surface area contributed by atoms with Crippen LogP contribution in [0.3, 0.4) is 0 Å². The van der Waals surface area contributed by atoms with E-state index in [0.29, 0.717) is 24.4 Å². The van der Waals surface area contributed by atoms with Crippen LogP contribution in [0.15, 0.2) is 46.4 Å². The lowest BCUT2D eigenvalue weighted by molar-refractivity contribution is -0.140. The standard InChI is InChI=1S/C19H18F4N4O.C5H3F3N2O2/c1-2-3-11(20)9-27-5-4-10-6-13(15(21)7-12(10)19(27)28)18-25-8-14(16(22)23)17(24)26-18;6-5(7,8)3-2(11)1-9-10-4(3)12/h4-8,11,16H,2-3,9H2,1H3,(H2,24,25,26);1H,(H2,10,11,12). The Kier molecular flexibility index (Phi) is 9.11. The van der Waals surface area contributed by atoms with Crippen LogP contribution < -0.4 is 16.9 Å². The Morgan fingerprint density at radius 2 is 1.85 bits per heavy atom. The largest absolute Gasteiger partial charge is 0.505 e. The van der Waals surface area contributed by atoms with E-state index in [4.69, 9.17) is 10.8 Å². The minimum atomic E-state index is -4.86. The van der Waals surface area contributed by atoms with E-state index in [9.17, 15) is 40.3 Å². The number of rotatable bonds is 6. The molecule has 0 spiro atoms. The number of anilines is 1. The first kappa shape index (κ1) is 30.0. The van der Waals surface area contributed by atoms with Crippen LogP contribution in [0.1, 0.15) is 37.3 Å². The lowest BCUT2D eigenvalue weighted by Gasteiger charge is -2.12. The highest BCUT2D eigenvalue weighted by atomic mass is 19.4. The van der Waals surface area contributed by atoms with Crippen LogP contribution in [-0.4, -0.2) is 36.0 Å². The van der Waals surface area contributed by atoms with Gasteiger partial charge in [-0.3, -0.25) is 9.59 Å². The number of aromatic hydroxyl groups is 1. The molecule has 0 saturated carbocycles. The summed E-state index contributed by atoms with van der Waals surface area (Å²) >= 11 is 0. The number of hydrogen-bond donors (Lipinski definition) is 3. The number of aromatic amines is 1. The number of nitrogens with zero attached hydrogens (tertiary/aromatic N) is 4. The molecule has 1 unspecified atom stereocenters. The van der Waals surface area contributed by atoms with Crippen molar-refractivity contribution in [1.82, 2.24) is 24.7 Å². The molecule has 214 valence electrons. The number of nitrogen functional groups attached to an aromatic ring is 1. The summed E-state index contributed by atoms with van der Waals surface area (Å²) in [6.45, 7) is 1.73. The molecule has 0 aliphatic heterocycles. The number of hydrogen-bond acceptors (Lipinski definition) is 7. The quantitative estimate of drug-likeness (QED) is 0.283. The third-order valence-corrected chi connectivity index (χ3v) is 5.50. The van der Waals surface area contributed by atoms with E-state index in [2.05, 4.69) is 15.1 Å². The average Bonchev–Trinajstić information content (AvgIpc) is 2.85. The smallest absolute Gasteiger partial charge is 0.425 e. The third kappa shape index (κ3) is 6.73. The maximum absolute atomic E-state index is 14.6. The molecule has 0 saturated heterocycles. The monoisotopic (exact) mass is 574 g/mol. The zero-order valence-corrected chi connectivity index (χ0v) is 20.5. The van der Waals surface area contributed by atoms with E-state index in [1.807, 2.05) is 6.92 Å². The van der Waals surface area contributed by atoms with E-state index in [1.165, 1.54) is 16.8 Å². The van der Waals surface area contributed by atoms with E-state index < -0.39 is 58.4 Å². The zero-order chi connectivity index (χ0) is 29.8. The van der Waals surface area contributed by atoms with Gasteiger partial charge in [0.1, 0.15) is 17.8 Å². The van der Waals surface area contributed by atoms with Crippen molar-refractivity contribution in [3.63, 3.8) is 0 Å². The summed E-state index contributed by atoms with van der Waals surface area (Å²) in [5.41, 5.74) is 1.27. The molecule has 40 heavy (non-hydrogen) atoms. The highest BCUT2D eigenvalue weighted by Gasteiger charge is 2.37. The number of halogens is 7. The van der Waals surface area contributed by atoms with E-state index >= 15 is 0 Å². The molecule has 4 N–H and O–H groups in total. The van der Waals surface area contributed by atoms with Crippen LogP contribution in [0.2, 0.25) is 0 Å². The average molecular weight is 574 g/mol. The predicted octanol–water partition coefficient (Wildman–Crippen LogP) is 4.75. The first-order valence-corrected chi connectivity index (χ1v) is 11.5. The van der Waals surface area contributed by atoms with Crippen molar-refractivity contribution in [2.75, 3.05) is 5.73 Å². The molecule has 4 aromatic rings. The number of H-pyrrole nitrogens is 1. The number of benzene rings is 1. The molecule has 1 aromatic carbocycles. The fourth-order valence-electron chi connectivity index (χ4n) is 3.60. The van der Waals surface area contributed by atoms with Crippen molar-refractivity contribution >= 4 is 16.6 Å². The molecule has 0 aliphatic rings. The molecule has 3 heterocycles. The van der Waals surface area contributed by atoms with E-state index in [-0.39, 0.29) is 23.3 Å². The SMILES string of the molecule is CCCC(F)Cn1ccc2cc(-c3ncc(C(F)F)c(N)n3)c(F)cc2c1=O.O=c1[nH]ncc(O)c1C(F)(F)F. The van der Waals surface area contributed by atoms with Crippen molar-refractivity contribution in [2.24, 2.45) is 0 Å². The van der Waals surface area contributed by atoms with Crippen LogP contribution in [0, 0.1) is 5.82 Å². The Labute approximate surface area is 220 Å². The molecule has 0 aliphatic carbocycles. The number of aromatic nitrogens is 5. The molecule has 0 radical (unpaired) electrons. The molecule has 9 nitrogen and oxygen atoms in total. The summed E-state index contributed by atoms with van der Waals surface area (Å²) in [6, 6.07) is 3.90. The molecule has 16 heteroatoms. The van der Waals surface area contributed by atoms with Gasteiger partial charge in [-0.2, -0.15) is 18.3 Å². The van der Waals surface area contributed by atoms with Gasteiger partial charge in [0.15, 0.2) is 17.1 Å². The molecule has 0 amide bonds. The van der Waals surface area contributed by atoms with Crippen LogP contribution in [0.25, 0.3) is 22.2 Å². The van der Waals surface area contributed by atoms with Gasteiger partial charge in [0, 0.05) is 12.4 Å². The summed E-state index contributed by atoms with van der Waals surface area (Å²) < 4.78 is 90.9. The highest BCUT2D eigenvalue weighted by Crippen LogP contribution is 2.31. The summed E-state index contributed by atoms with van der Waals surface area (Å²) in [7, 11) is 0. The number of fused-ring (bicyclic) bond motifs is 1. The van der Waals surface area contributed by atoms with Gasteiger partial charge >= 0.3 is 6.18 Å². The Morgan fingerprint density at radius 3 is 2.40 bits per heavy atom. The Balaban J connectivity index is 0.000000307. The number of nitrogens with two attached hydrogens (primary N) is 1. The van der Waals surface area contributed by atoms with Crippen LogP contribution in [0.5, 0.6) is 5.75 Å². The Hall–Kier alpha value is -4.50. The molecule has 0 bridgehead atoms. The second kappa shape index (κ2) is 12.1. The molecule has 1 atom stereocenters. The van der Waals surface area contributed by atoms with Crippen LogP contribution >= 0.6 is 0 Å². The van der Waals surface area contributed by atoms with Gasteiger partial charge < -0.3 is 15.4 Å². The molecular formula is C24H21F7N6O3. The fraction of sp³-hybridized carbons (Fsp3) is 0.292. The second-order valence-electron chi connectivity index (χ2n) is 8.37. The minimum absolute atomic E-state index is 0.0737. The number of alkyl halides is 6. The summed E-state index contributed by atoms with van der Waals surface area (Å²) in [5, 5.41) is 13.6. The van der Waals surface area contributed by atoms with E-state index in [1.54, 1.807) is 11.2 Å². The van der Waals surface area contributed by atoms with Crippen LogP contribution in [-0.2, 0) is 12.7 Å². The predicted molar refractivity (Wildman–Crippen MR) is 130 cm³/mol. The van der Waals surface area contributed by atoms with Gasteiger partial charge in [0.25, 0.3) is 17.5 Å². The molecule has 4 rings (SSSR count). The summed E-state index contributed by atoms with van der Waals surface area (Å²) in [6.07, 6.45) is -5.11. The minimum Gasteiger partial charge on any atom is -0.505 e. The van der Waals surface area contributed by atoms with Crippen molar-refractivity contribution in [3.8, 4) is 17.1 Å². The summed E-state index contributed by atoms with van der Waals surface area (Å²) in [5.74, 6) is -2.60. The van der Waals surface area contributed by atoms with Gasteiger partial charge in [0.05, 0.1) is 29.3 Å². The van der Waals surface area contributed by atoms with Crippen LogP contribution in [0.4, 0.5) is 36.6 Å². The first-order chi connectivity index (χ1) is 18.7. The third-order valence-electron chi connectivity index (χ3n) is 5.50. The van der Waals surface area contributed by atoms with Crippen molar-refractivity contribution in [2.45, 2.75) is 45.1 Å². The highest BCUT2D eigenvalue weighted by molar-refractivity contribution is 5.86. The van der Waals surface area contributed by atoms with Gasteiger partial charge in [-0.25, -0.2) is 32.6 Å². The maximum Gasteiger partial charge on any atom is 0.425 e. The Morgan fingerprint density at radius 1 is 1.15 bits per heavy atom. The van der Waals surface area contributed by atoms with Crippen molar-refractivity contribution < 1.29 is 35.8 Å². The lowest BCUT2D eigenvalue weighted by atomic mass is 10.1. The van der Waals surface area contributed by atoms with Crippen molar-refractivity contribution in [1.29, 1.82) is 0 Å². The van der Waals surface area contributed by atoms with Gasteiger partial charge in [0.2, 0.25) is 0 Å². The fourth-order valence-corrected chi connectivity index (χ4v) is 3.60. The van der Waals surface area contributed by atoms with Crippen molar-refractivity contribution in [3.05, 3.63) is 74.4 Å². The van der Waals surface area contributed by atoms with Gasteiger partial charge in [-0.1, -0.05) is 13.3 Å². The Bertz CT molecular complexity index is 1620. The number of nitrogens with one attached hydrogen (secondary N) is 1. The molecular weight excluding hydrogens is 553 g/mol. The first-order valence-electron chi connectivity index (χ1n) is 11.5. The van der Waals surface area contributed by atoms with Gasteiger partial charge in [-0.05, 0) is 30.0 Å². The van der Waals surface area contributed by atoms with E-state index in [0.717, 1.165) is 12.3 Å². The molecule has 3 aromatic heterocycles. The summed E-state index contributed by atoms with van der Waals surface area (Å²) in [4.78, 5) is 30.5.